The molecule has 17 heavy (non-hydrogen) atoms. The highest BCUT2D eigenvalue weighted by Crippen LogP contribution is 2.34. The summed E-state index contributed by atoms with van der Waals surface area (Å²) in [6.45, 7) is 5.36. The first-order valence-corrected chi connectivity index (χ1v) is 7.10. The minimum Gasteiger partial charge on any atom is -0.481 e. The summed E-state index contributed by atoms with van der Waals surface area (Å²) in [6, 6.07) is 0.777. The van der Waals surface area contributed by atoms with Crippen LogP contribution in [0, 0.1) is 11.8 Å². The highest BCUT2D eigenvalue weighted by molar-refractivity contribution is 5.71. The molecular weight excluding hydrogens is 214 g/mol. The van der Waals surface area contributed by atoms with Gasteiger partial charge in [0.2, 0.25) is 0 Å². The van der Waals surface area contributed by atoms with Crippen LogP contribution >= 0.6 is 0 Å². The standard InChI is InChI=1S/C14H25NO2/c1-10(12-6-4-3-5-7-12)15-9-8-13(11(15)2)14(16)17/h10-13H,3-9H2,1-2H3,(H,16,17). The molecule has 1 saturated heterocycles. The molecule has 3 unspecified atom stereocenters. The van der Waals surface area contributed by atoms with Crippen molar-refractivity contribution < 1.29 is 9.90 Å². The van der Waals surface area contributed by atoms with Crippen molar-refractivity contribution in [2.45, 2.75) is 64.5 Å². The number of aliphatic carboxylic acids is 1. The molecule has 0 aromatic carbocycles. The Bertz CT molecular complexity index is 273. The summed E-state index contributed by atoms with van der Waals surface area (Å²) >= 11 is 0. The number of hydrogen-bond acceptors (Lipinski definition) is 2. The molecule has 3 nitrogen and oxygen atoms in total. The molecule has 2 aliphatic rings. The van der Waals surface area contributed by atoms with Crippen molar-refractivity contribution in [1.29, 1.82) is 0 Å². The fraction of sp³-hybridized carbons (Fsp3) is 0.929. The monoisotopic (exact) mass is 239 g/mol. The molecule has 1 heterocycles. The third-order valence-electron chi connectivity index (χ3n) is 4.98. The van der Waals surface area contributed by atoms with Crippen LogP contribution in [0.4, 0.5) is 0 Å². The molecular formula is C14H25NO2. The number of rotatable bonds is 3. The number of carboxylic acids is 1. The van der Waals surface area contributed by atoms with Crippen molar-refractivity contribution in [3.63, 3.8) is 0 Å². The molecule has 0 bridgehead atoms. The van der Waals surface area contributed by atoms with Gasteiger partial charge in [-0.3, -0.25) is 9.69 Å². The van der Waals surface area contributed by atoms with Gasteiger partial charge in [0.15, 0.2) is 0 Å². The average Bonchev–Trinajstić information content (AvgIpc) is 2.71. The molecule has 3 atom stereocenters. The summed E-state index contributed by atoms with van der Waals surface area (Å²) < 4.78 is 0. The molecule has 1 aliphatic carbocycles. The highest BCUT2D eigenvalue weighted by atomic mass is 16.4. The molecule has 0 aromatic rings. The second-order valence-electron chi connectivity index (χ2n) is 5.85. The van der Waals surface area contributed by atoms with Crippen LogP contribution < -0.4 is 0 Å². The van der Waals surface area contributed by atoms with Crippen LogP contribution in [0.1, 0.15) is 52.4 Å². The Morgan fingerprint density at radius 1 is 1.24 bits per heavy atom. The first kappa shape index (κ1) is 12.9. The maximum Gasteiger partial charge on any atom is 0.308 e. The molecule has 2 fully saturated rings. The van der Waals surface area contributed by atoms with Gasteiger partial charge in [-0.05, 0) is 45.6 Å². The lowest BCUT2D eigenvalue weighted by Gasteiger charge is -2.37. The van der Waals surface area contributed by atoms with Gasteiger partial charge in [-0.25, -0.2) is 0 Å². The van der Waals surface area contributed by atoms with Gasteiger partial charge >= 0.3 is 5.97 Å². The van der Waals surface area contributed by atoms with E-state index in [2.05, 4.69) is 18.7 Å². The lowest BCUT2D eigenvalue weighted by Crippen LogP contribution is -2.43. The summed E-state index contributed by atoms with van der Waals surface area (Å²) in [6.07, 6.45) is 7.60. The smallest absolute Gasteiger partial charge is 0.308 e. The van der Waals surface area contributed by atoms with Gasteiger partial charge in [-0.15, -0.1) is 0 Å². The van der Waals surface area contributed by atoms with Crippen molar-refractivity contribution in [2.24, 2.45) is 11.8 Å². The second-order valence-corrected chi connectivity index (χ2v) is 5.85. The van der Waals surface area contributed by atoms with Crippen molar-refractivity contribution in [3.8, 4) is 0 Å². The quantitative estimate of drug-likeness (QED) is 0.823. The van der Waals surface area contributed by atoms with Crippen molar-refractivity contribution in [2.75, 3.05) is 6.54 Å². The molecule has 0 aromatic heterocycles. The van der Waals surface area contributed by atoms with Crippen LogP contribution in [0.15, 0.2) is 0 Å². The zero-order valence-electron chi connectivity index (χ0n) is 11.1. The Hall–Kier alpha value is -0.570. The maximum absolute atomic E-state index is 11.1. The third-order valence-corrected chi connectivity index (χ3v) is 4.98. The first-order chi connectivity index (χ1) is 8.11. The summed E-state index contributed by atoms with van der Waals surface area (Å²) in [5.74, 6) is 0.0237. The number of hydrogen-bond donors (Lipinski definition) is 1. The topological polar surface area (TPSA) is 40.5 Å². The molecule has 3 heteroatoms. The van der Waals surface area contributed by atoms with Crippen LogP contribution in [0.3, 0.4) is 0 Å². The highest BCUT2D eigenvalue weighted by Gasteiger charge is 2.39. The Morgan fingerprint density at radius 3 is 2.41 bits per heavy atom. The van der Waals surface area contributed by atoms with Crippen LogP contribution in [0.2, 0.25) is 0 Å². The molecule has 0 spiro atoms. The molecule has 0 amide bonds. The van der Waals surface area contributed by atoms with Crippen molar-refractivity contribution >= 4 is 5.97 Å². The van der Waals surface area contributed by atoms with E-state index in [0.717, 1.165) is 18.9 Å². The minimum absolute atomic E-state index is 0.152. The zero-order chi connectivity index (χ0) is 12.4. The van der Waals surface area contributed by atoms with Crippen LogP contribution in [0.25, 0.3) is 0 Å². The normalized spacial score (nSPS) is 33.8. The van der Waals surface area contributed by atoms with E-state index in [-0.39, 0.29) is 12.0 Å². The van der Waals surface area contributed by atoms with Crippen LogP contribution in [-0.2, 0) is 4.79 Å². The van der Waals surface area contributed by atoms with Crippen molar-refractivity contribution in [3.05, 3.63) is 0 Å². The predicted molar refractivity (Wildman–Crippen MR) is 67.9 cm³/mol. The predicted octanol–water partition coefficient (Wildman–Crippen LogP) is 2.75. The van der Waals surface area contributed by atoms with E-state index >= 15 is 0 Å². The molecule has 98 valence electrons. The number of likely N-dealkylation sites (tertiary alicyclic amines) is 1. The van der Waals surface area contributed by atoms with E-state index < -0.39 is 5.97 Å². The SMILES string of the molecule is CC(C1CCCCC1)N1CCC(C(=O)O)C1C. The summed E-state index contributed by atoms with van der Waals surface area (Å²) in [5, 5.41) is 9.17. The lowest BCUT2D eigenvalue weighted by molar-refractivity contribution is -0.142. The third kappa shape index (κ3) is 2.65. The Labute approximate surface area is 104 Å². The molecule has 1 N–H and O–H groups in total. The summed E-state index contributed by atoms with van der Waals surface area (Å²) in [5.41, 5.74) is 0. The molecule has 2 rings (SSSR count). The van der Waals surface area contributed by atoms with Gasteiger partial charge in [0.25, 0.3) is 0 Å². The van der Waals surface area contributed by atoms with E-state index in [1.807, 2.05) is 0 Å². The fourth-order valence-corrected chi connectivity index (χ4v) is 3.76. The van der Waals surface area contributed by atoms with Crippen LogP contribution in [-0.4, -0.2) is 34.6 Å². The Kier molecular flexibility index (Phi) is 4.08. The number of carbonyl (C=O) groups is 1. The van der Waals surface area contributed by atoms with Gasteiger partial charge < -0.3 is 5.11 Å². The second kappa shape index (κ2) is 5.38. The zero-order valence-corrected chi connectivity index (χ0v) is 11.1. The summed E-state index contributed by atoms with van der Waals surface area (Å²) in [4.78, 5) is 13.6. The van der Waals surface area contributed by atoms with E-state index in [0.29, 0.717) is 6.04 Å². The van der Waals surface area contributed by atoms with Gasteiger partial charge in [0, 0.05) is 12.1 Å². The van der Waals surface area contributed by atoms with E-state index in [9.17, 15) is 4.79 Å². The fourth-order valence-electron chi connectivity index (χ4n) is 3.76. The van der Waals surface area contributed by atoms with Crippen LogP contribution in [0.5, 0.6) is 0 Å². The van der Waals surface area contributed by atoms with Gasteiger partial charge in [-0.1, -0.05) is 19.3 Å². The van der Waals surface area contributed by atoms with E-state index in [4.69, 9.17) is 5.11 Å². The molecule has 1 aliphatic heterocycles. The van der Waals surface area contributed by atoms with E-state index in [1.165, 1.54) is 32.1 Å². The average molecular weight is 239 g/mol. The molecule has 0 radical (unpaired) electrons. The van der Waals surface area contributed by atoms with Crippen molar-refractivity contribution in [1.82, 2.24) is 4.90 Å². The Morgan fingerprint density at radius 2 is 1.88 bits per heavy atom. The number of carboxylic acid groups (broad SMARTS) is 1. The van der Waals surface area contributed by atoms with E-state index in [1.54, 1.807) is 0 Å². The maximum atomic E-state index is 11.1. The van der Waals surface area contributed by atoms with Gasteiger partial charge in [0.1, 0.15) is 0 Å². The lowest BCUT2D eigenvalue weighted by atomic mass is 9.83. The summed E-state index contributed by atoms with van der Waals surface area (Å²) in [7, 11) is 0. The minimum atomic E-state index is -0.615. The number of nitrogens with zero attached hydrogens (tertiary/aromatic N) is 1. The Balaban J connectivity index is 1.95. The molecule has 1 saturated carbocycles. The van der Waals surface area contributed by atoms with Gasteiger partial charge in [-0.2, -0.15) is 0 Å². The largest absolute Gasteiger partial charge is 0.481 e. The first-order valence-electron chi connectivity index (χ1n) is 7.10. The van der Waals surface area contributed by atoms with Gasteiger partial charge in [0.05, 0.1) is 5.92 Å².